The molecule has 2 aromatic carbocycles. The average molecular weight is 820 g/mol. The van der Waals surface area contributed by atoms with E-state index in [1.165, 1.54) is 0 Å². The molecule has 5 aliphatic heterocycles. The van der Waals surface area contributed by atoms with Crippen LogP contribution in [0, 0.1) is 76.2 Å². The number of ether oxygens (including phenoxy) is 3. The van der Waals surface area contributed by atoms with Gasteiger partial charge in [0.1, 0.15) is 30.2 Å². The summed E-state index contributed by atoms with van der Waals surface area (Å²) in [6.45, 7) is 5.80. The van der Waals surface area contributed by atoms with Crippen molar-refractivity contribution < 1.29 is 73.3 Å². The van der Waals surface area contributed by atoms with Crippen molar-refractivity contribution in [3.8, 4) is 29.1 Å². The number of hydrogen-bond acceptors (Lipinski definition) is 11. The number of piperazine rings is 1. The molecule has 0 saturated carbocycles. The largest absolute Gasteiger partial charge is 0.507 e. The summed E-state index contributed by atoms with van der Waals surface area (Å²) in [6, 6.07) is 2.44. The molecule has 2 aromatic rings. The van der Waals surface area contributed by atoms with Gasteiger partial charge >= 0.3 is 5.97 Å². The first-order valence-corrected chi connectivity index (χ1v) is 15.4. The molecule has 225 valence electrons. The van der Waals surface area contributed by atoms with Crippen LogP contribution in [0.5, 0.6) is 23.0 Å². The van der Waals surface area contributed by atoms with E-state index in [-0.39, 0.29) is 98.3 Å². The number of nitrogens with zero attached hydrogens (tertiary/aromatic N) is 4. The number of aromatic hydroxyl groups is 2. The Morgan fingerprint density at radius 3 is 2.44 bits per heavy atom. The second kappa shape index (κ2) is 11.3. The van der Waals surface area contributed by atoms with Crippen molar-refractivity contribution in [1.82, 2.24) is 14.7 Å². The van der Waals surface area contributed by atoms with Gasteiger partial charge in [-0.1, -0.05) is 6.07 Å². The number of aryl methyl sites for hydroxylation is 1. The molecule has 7 rings (SSSR count). The van der Waals surface area contributed by atoms with Gasteiger partial charge < -0.3 is 24.4 Å². The van der Waals surface area contributed by atoms with E-state index in [4.69, 9.17) is 14.2 Å². The van der Waals surface area contributed by atoms with E-state index in [9.17, 15) is 20.3 Å². The molecule has 4 bridgehead atoms. The van der Waals surface area contributed by atoms with Crippen LogP contribution in [0.4, 0.5) is 0 Å². The summed E-state index contributed by atoms with van der Waals surface area (Å²) >= 11 is 1.58. The van der Waals surface area contributed by atoms with E-state index in [1.807, 2.05) is 46.8 Å². The Balaban J connectivity index is 0.00000329. The maximum Gasteiger partial charge on any atom is 0.324 e. The molecule has 5 heterocycles. The normalized spacial score (nSPS) is 30.9. The van der Waals surface area contributed by atoms with Crippen LogP contribution in [-0.2, 0) is 16.0 Å². The smallest absolute Gasteiger partial charge is 0.324 e. The fraction of sp³-hybridized carbons (Fsp3) is 0.548. The Hall–Kier alpha value is -1.73. The number of hydrogen-bond donors (Lipinski definition) is 2. The minimum Gasteiger partial charge on any atom is -0.507 e. The van der Waals surface area contributed by atoms with Gasteiger partial charge in [-0.3, -0.25) is 19.5 Å². The monoisotopic (exact) mass is 819 g/mol. The Bertz CT molecular complexity index is 1560. The van der Waals surface area contributed by atoms with Crippen LogP contribution in [0.2, 0.25) is 0 Å². The van der Waals surface area contributed by atoms with Gasteiger partial charge in [-0.05, 0) is 65.0 Å². The molecule has 0 aromatic heterocycles. The summed E-state index contributed by atoms with van der Waals surface area (Å²) in [7, 11) is 5.77. The van der Waals surface area contributed by atoms with Crippen molar-refractivity contribution in [3.05, 3.63) is 45.0 Å². The number of carbonyl (C=O) groups is 1. The summed E-state index contributed by atoms with van der Waals surface area (Å²) < 4.78 is 17.9. The van der Waals surface area contributed by atoms with E-state index in [2.05, 4.69) is 21.9 Å². The maximum atomic E-state index is 13.3. The number of carbonyl (C=O) groups excluding carboxylic acids is 1. The summed E-state index contributed by atoms with van der Waals surface area (Å²) in [5, 5.41) is 33.9. The standard InChI is InChI=1S/C31H36N4O6S.Ac/c1-13-7-16-8-17-18(9-32)35-19-10-39-31(38)20(33(4)5)11-42-30(25(35)24(34(17)6)21(16)26(36)14(13)2)23-22(19)29-28(40-12-41-29)15(3)27(23)37;/h7,17-20,24-25,30,36-37H,8,10-12H2,1-6H3;/t17-,18-,19+,20-,24+,25?,30+;/m0./s1. The SMILES string of the molecule is Cc1cc2c(c(O)c1C)[C@@H]1C3[C@@H]4SC[C@H](N(C)C)C(=O)OC[C@H](c5c6c(c(C)c(O)c54)OCO6)N3[C@@H](C#N)[C@H](C2)N1C.[Ac]. The van der Waals surface area contributed by atoms with Crippen LogP contribution in [0.25, 0.3) is 0 Å². The van der Waals surface area contributed by atoms with Gasteiger partial charge in [0.05, 0.1) is 23.4 Å². The van der Waals surface area contributed by atoms with Gasteiger partial charge in [0.2, 0.25) is 6.79 Å². The van der Waals surface area contributed by atoms with Gasteiger partial charge in [-0.15, -0.1) is 11.8 Å². The van der Waals surface area contributed by atoms with Crippen molar-refractivity contribution in [2.45, 2.75) is 68.7 Å². The number of nitriles is 1. The van der Waals surface area contributed by atoms with Crippen molar-refractivity contribution in [2.75, 3.05) is 40.3 Å². The third kappa shape index (κ3) is 4.36. The van der Waals surface area contributed by atoms with Crippen LogP contribution in [0.3, 0.4) is 0 Å². The van der Waals surface area contributed by atoms with Gasteiger partial charge in [0.15, 0.2) is 11.5 Å². The molecular weight excluding hydrogens is 783 g/mol. The minimum atomic E-state index is -0.563. The number of fused-ring (bicyclic) bond motifs is 9. The first-order chi connectivity index (χ1) is 20.1. The van der Waals surface area contributed by atoms with Gasteiger partial charge in [0.25, 0.3) is 0 Å². The number of cyclic esters (lactones) is 1. The fourth-order valence-corrected chi connectivity index (χ4v) is 9.64. The molecule has 12 heteroatoms. The van der Waals surface area contributed by atoms with E-state index >= 15 is 0 Å². The van der Waals surface area contributed by atoms with E-state index < -0.39 is 18.1 Å². The predicted molar refractivity (Wildman–Crippen MR) is 156 cm³/mol. The Kier molecular flexibility index (Phi) is 8.19. The van der Waals surface area contributed by atoms with Crippen LogP contribution in [0.15, 0.2) is 6.07 Å². The topological polar surface area (TPSA) is 119 Å². The predicted octanol–water partition coefficient (Wildman–Crippen LogP) is 3.24. The number of likely N-dealkylation sites (N-methyl/N-ethyl adjacent to an activating group) is 2. The summed E-state index contributed by atoms with van der Waals surface area (Å²) in [5.41, 5.74) is 5.88. The molecule has 43 heavy (non-hydrogen) atoms. The second-order valence-electron chi connectivity index (χ2n) is 12.4. The zero-order chi connectivity index (χ0) is 29.8. The van der Waals surface area contributed by atoms with Gasteiger partial charge in [-0.25, -0.2) is 0 Å². The Morgan fingerprint density at radius 2 is 1.74 bits per heavy atom. The molecule has 7 atom stereocenters. The molecule has 2 fully saturated rings. The first kappa shape index (κ1) is 31.3. The third-order valence-corrected chi connectivity index (χ3v) is 11.6. The molecule has 0 spiro atoms. The number of rotatable bonds is 1. The molecular formula is C31H36AcN4O6S. The van der Waals surface area contributed by atoms with Crippen LogP contribution in [0.1, 0.15) is 56.3 Å². The Morgan fingerprint density at radius 1 is 1.05 bits per heavy atom. The molecule has 1 unspecified atom stereocenters. The number of phenols is 2. The van der Waals surface area contributed by atoms with Crippen LogP contribution in [-0.4, -0.2) is 95.3 Å². The zero-order valence-electron chi connectivity index (χ0n) is 25.2. The van der Waals surface area contributed by atoms with Crippen molar-refractivity contribution in [1.29, 1.82) is 5.26 Å². The van der Waals surface area contributed by atoms with E-state index in [1.54, 1.807) is 11.8 Å². The molecule has 0 aliphatic carbocycles. The number of benzene rings is 2. The summed E-state index contributed by atoms with van der Waals surface area (Å²) in [6.07, 6.45) is 0.606. The number of phenolic OH excluding ortho intramolecular Hbond substituents is 2. The molecule has 2 N–H and O–H groups in total. The quantitative estimate of drug-likeness (QED) is 0.414. The molecule has 2 saturated heterocycles. The fourth-order valence-electron chi connectivity index (χ4n) is 7.92. The Labute approximate surface area is 291 Å². The van der Waals surface area contributed by atoms with Crippen molar-refractivity contribution in [2.24, 2.45) is 0 Å². The maximum absolute atomic E-state index is 13.3. The van der Waals surface area contributed by atoms with E-state index in [0.29, 0.717) is 29.2 Å². The summed E-state index contributed by atoms with van der Waals surface area (Å²) in [4.78, 5) is 19.7. The van der Waals surface area contributed by atoms with Crippen molar-refractivity contribution >= 4 is 17.7 Å². The number of thioether (sulfide) groups is 1. The first-order valence-electron chi connectivity index (χ1n) is 14.4. The molecule has 10 nitrogen and oxygen atoms in total. The molecule has 5 aliphatic rings. The third-order valence-electron chi connectivity index (χ3n) is 10.2. The second-order valence-corrected chi connectivity index (χ2v) is 13.6. The molecule has 0 amide bonds. The van der Waals surface area contributed by atoms with Crippen LogP contribution >= 0.6 is 11.8 Å². The van der Waals surface area contributed by atoms with Gasteiger partial charge in [-0.2, -0.15) is 5.26 Å². The average Bonchev–Trinajstić information content (AvgIpc) is 3.44. The minimum absolute atomic E-state index is 0. The molecule has 1 radical (unpaired) electrons. The van der Waals surface area contributed by atoms with Crippen LogP contribution < -0.4 is 9.47 Å². The van der Waals surface area contributed by atoms with E-state index in [0.717, 1.165) is 33.4 Å². The van der Waals surface area contributed by atoms with Crippen molar-refractivity contribution in [3.63, 3.8) is 0 Å². The van der Waals surface area contributed by atoms with Gasteiger partial charge in [0, 0.05) is 84.2 Å². The zero-order valence-corrected chi connectivity index (χ0v) is 30.8. The number of esters is 1. The summed E-state index contributed by atoms with van der Waals surface area (Å²) in [5.74, 6) is 1.57.